The lowest BCUT2D eigenvalue weighted by atomic mass is 10.1. The molecule has 0 aliphatic heterocycles. The van der Waals surface area contributed by atoms with Crippen molar-refractivity contribution < 1.29 is 14.7 Å². The van der Waals surface area contributed by atoms with Crippen LogP contribution < -0.4 is 5.32 Å². The number of nitrogens with zero attached hydrogens (tertiary/aromatic N) is 1. The van der Waals surface area contributed by atoms with Gasteiger partial charge < -0.3 is 10.4 Å². The van der Waals surface area contributed by atoms with Crippen molar-refractivity contribution in [3.8, 4) is 0 Å². The quantitative estimate of drug-likeness (QED) is 0.911. The van der Waals surface area contributed by atoms with Gasteiger partial charge in [-0.1, -0.05) is 17.7 Å². The number of halogens is 1. The van der Waals surface area contributed by atoms with E-state index in [0.717, 1.165) is 0 Å². The molecule has 0 radical (unpaired) electrons. The summed E-state index contributed by atoms with van der Waals surface area (Å²) in [6.45, 7) is 1.69. The molecule has 2 rings (SSSR count). The Morgan fingerprint density at radius 2 is 2.00 bits per heavy atom. The fourth-order valence-electron chi connectivity index (χ4n) is 1.65. The zero-order chi connectivity index (χ0) is 14.7. The van der Waals surface area contributed by atoms with Crippen LogP contribution in [0.4, 0.5) is 5.69 Å². The summed E-state index contributed by atoms with van der Waals surface area (Å²) in [6, 6.07) is 7.66. The summed E-state index contributed by atoms with van der Waals surface area (Å²) in [4.78, 5) is 26.9. The first-order chi connectivity index (χ1) is 9.47. The number of nitrogens with one attached hydrogen (secondary N) is 1. The van der Waals surface area contributed by atoms with E-state index in [1.54, 1.807) is 25.1 Å². The highest BCUT2D eigenvalue weighted by molar-refractivity contribution is 6.30. The highest BCUT2D eigenvalue weighted by Crippen LogP contribution is 2.16. The van der Waals surface area contributed by atoms with Gasteiger partial charge in [-0.15, -0.1) is 0 Å². The van der Waals surface area contributed by atoms with Crippen molar-refractivity contribution >= 4 is 29.2 Å². The van der Waals surface area contributed by atoms with Crippen LogP contribution in [0.15, 0.2) is 36.5 Å². The second kappa shape index (κ2) is 5.71. The Morgan fingerprint density at radius 1 is 1.25 bits per heavy atom. The molecule has 0 atom stereocenters. The molecule has 2 N–H and O–H groups in total. The van der Waals surface area contributed by atoms with Crippen molar-refractivity contribution in [1.29, 1.82) is 0 Å². The molecule has 1 amide bonds. The SMILES string of the molecule is Cc1ccc(NC(=O)c2cc(Cl)ccn2)cc1C(=O)O. The van der Waals surface area contributed by atoms with Crippen molar-refractivity contribution in [3.63, 3.8) is 0 Å². The number of hydrogen-bond donors (Lipinski definition) is 2. The van der Waals surface area contributed by atoms with Gasteiger partial charge in [0.1, 0.15) is 5.69 Å². The number of rotatable bonds is 3. The van der Waals surface area contributed by atoms with E-state index in [9.17, 15) is 9.59 Å². The van der Waals surface area contributed by atoms with Crippen LogP contribution in [0.5, 0.6) is 0 Å². The van der Waals surface area contributed by atoms with Crippen LogP contribution in [0, 0.1) is 6.92 Å². The Balaban J connectivity index is 2.24. The van der Waals surface area contributed by atoms with Crippen LogP contribution in [0.2, 0.25) is 5.02 Å². The Labute approximate surface area is 120 Å². The third-order valence-electron chi connectivity index (χ3n) is 2.68. The van der Waals surface area contributed by atoms with Crippen LogP contribution in [-0.2, 0) is 0 Å². The lowest BCUT2D eigenvalue weighted by molar-refractivity contribution is 0.0695. The summed E-state index contributed by atoms with van der Waals surface area (Å²) in [7, 11) is 0. The number of benzene rings is 1. The number of aromatic carboxylic acids is 1. The Hall–Kier alpha value is -2.40. The molecule has 1 heterocycles. The van der Waals surface area contributed by atoms with Crippen molar-refractivity contribution in [2.45, 2.75) is 6.92 Å². The van der Waals surface area contributed by atoms with Gasteiger partial charge in [0.2, 0.25) is 0 Å². The average Bonchev–Trinajstić information content (AvgIpc) is 2.40. The zero-order valence-corrected chi connectivity index (χ0v) is 11.3. The molecule has 5 nitrogen and oxygen atoms in total. The van der Waals surface area contributed by atoms with E-state index in [1.165, 1.54) is 18.3 Å². The highest BCUT2D eigenvalue weighted by atomic mass is 35.5. The van der Waals surface area contributed by atoms with Gasteiger partial charge in [-0.3, -0.25) is 9.78 Å². The predicted octanol–water partition coefficient (Wildman–Crippen LogP) is 2.99. The number of aromatic nitrogens is 1. The molecule has 20 heavy (non-hydrogen) atoms. The zero-order valence-electron chi connectivity index (χ0n) is 10.6. The number of carboxylic acid groups (broad SMARTS) is 1. The first kappa shape index (κ1) is 14.0. The number of carboxylic acids is 1. The van der Waals surface area contributed by atoms with Gasteiger partial charge in [0.25, 0.3) is 5.91 Å². The van der Waals surface area contributed by atoms with E-state index < -0.39 is 11.9 Å². The molecular formula is C14H11ClN2O3. The van der Waals surface area contributed by atoms with Gasteiger partial charge in [-0.2, -0.15) is 0 Å². The Bertz CT molecular complexity index is 686. The van der Waals surface area contributed by atoms with Crippen LogP contribution in [0.3, 0.4) is 0 Å². The second-order valence-corrected chi connectivity index (χ2v) is 4.58. The summed E-state index contributed by atoms with van der Waals surface area (Å²) in [5, 5.41) is 12.0. The molecule has 102 valence electrons. The van der Waals surface area contributed by atoms with Crippen LogP contribution in [0.1, 0.15) is 26.4 Å². The maximum atomic E-state index is 12.0. The molecule has 6 heteroatoms. The molecule has 1 aromatic carbocycles. The summed E-state index contributed by atoms with van der Waals surface area (Å²) in [5.41, 5.74) is 1.31. The van der Waals surface area contributed by atoms with Gasteiger partial charge in [-0.25, -0.2) is 4.79 Å². The van der Waals surface area contributed by atoms with E-state index in [4.69, 9.17) is 16.7 Å². The first-order valence-electron chi connectivity index (χ1n) is 5.74. The summed E-state index contributed by atoms with van der Waals surface area (Å²) < 4.78 is 0. The van der Waals surface area contributed by atoms with E-state index >= 15 is 0 Å². The second-order valence-electron chi connectivity index (χ2n) is 4.15. The van der Waals surface area contributed by atoms with Gasteiger partial charge in [-0.05, 0) is 36.8 Å². The maximum Gasteiger partial charge on any atom is 0.336 e. The van der Waals surface area contributed by atoms with Crippen molar-refractivity contribution in [3.05, 3.63) is 58.4 Å². The van der Waals surface area contributed by atoms with E-state index in [2.05, 4.69) is 10.3 Å². The molecule has 0 aliphatic rings. The predicted molar refractivity (Wildman–Crippen MR) is 75.3 cm³/mol. The van der Waals surface area contributed by atoms with Crippen LogP contribution >= 0.6 is 11.6 Å². The van der Waals surface area contributed by atoms with E-state index in [0.29, 0.717) is 16.3 Å². The molecule has 0 fully saturated rings. The van der Waals surface area contributed by atoms with Gasteiger partial charge >= 0.3 is 5.97 Å². The van der Waals surface area contributed by atoms with Crippen molar-refractivity contribution in [2.24, 2.45) is 0 Å². The van der Waals surface area contributed by atoms with Gasteiger partial charge in [0.15, 0.2) is 0 Å². The number of carbonyl (C=O) groups excluding carboxylic acids is 1. The smallest absolute Gasteiger partial charge is 0.336 e. The lowest BCUT2D eigenvalue weighted by Gasteiger charge is -2.07. The van der Waals surface area contributed by atoms with Crippen molar-refractivity contribution in [2.75, 3.05) is 5.32 Å². The normalized spacial score (nSPS) is 10.1. The summed E-state index contributed by atoms with van der Waals surface area (Å²) in [5.74, 6) is -1.49. The van der Waals surface area contributed by atoms with Gasteiger partial charge in [0, 0.05) is 16.9 Å². The standard InChI is InChI=1S/C14H11ClN2O3/c1-8-2-3-10(7-11(8)14(19)20)17-13(18)12-6-9(15)4-5-16-12/h2-7H,1H3,(H,17,18)(H,19,20). The van der Waals surface area contributed by atoms with E-state index in [1.807, 2.05) is 0 Å². The number of aryl methyl sites for hydroxylation is 1. The Morgan fingerprint density at radius 3 is 2.65 bits per heavy atom. The fraction of sp³-hybridized carbons (Fsp3) is 0.0714. The van der Waals surface area contributed by atoms with Crippen LogP contribution in [-0.4, -0.2) is 22.0 Å². The minimum Gasteiger partial charge on any atom is -0.478 e. The largest absolute Gasteiger partial charge is 0.478 e. The number of amides is 1. The molecule has 0 saturated heterocycles. The molecule has 2 aromatic rings. The minimum absolute atomic E-state index is 0.141. The maximum absolute atomic E-state index is 12.0. The molecule has 0 unspecified atom stereocenters. The molecule has 0 aliphatic carbocycles. The minimum atomic E-state index is -1.04. The average molecular weight is 291 g/mol. The monoisotopic (exact) mass is 290 g/mol. The molecular weight excluding hydrogens is 280 g/mol. The number of carbonyl (C=O) groups is 2. The third-order valence-corrected chi connectivity index (χ3v) is 2.92. The van der Waals surface area contributed by atoms with Crippen molar-refractivity contribution in [1.82, 2.24) is 4.98 Å². The number of anilines is 1. The summed E-state index contributed by atoms with van der Waals surface area (Å²) in [6.07, 6.45) is 1.43. The number of pyridine rings is 1. The molecule has 0 bridgehead atoms. The lowest BCUT2D eigenvalue weighted by Crippen LogP contribution is -2.14. The first-order valence-corrected chi connectivity index (χ1v) is 6.12. The highest BCUT2D eigenvalue weighted by Gasteiger charge is 2.11. The van der Waals surface area contributed by atoms with E-state index in [-0.39, 0.29) is 11.3 Å². The number of hydrogen-bond acceptors (Lipinski definition) is 3. The van der Waals surface area contributed by atoms with Gasteiger partial charge in [0.05, 0.1) is 5.56 Å². The van der Waals surface area contributed by atoms with Crippen LogP contribution in [0.25, 0.3) is 0 Å². The fourth-order valence-corrected chi connectivity index (χ4v) is 1.81. The molecule has 0 spiro atoms. The molecule has 0 saturated carbocycles. The molecule has 1 aromatic heterocycles. The summed E-state index contributed by atoms with van der Waals surface area (Å²) >= 11 is 5.78. The topological polar surface area (TPSA) is 79.3 Å². The third kappa shape index (κ3) is 3.13. The Kier molecular flexibility index (Phi) is 4.00.